The van der Waals surface area contributed by atoms with Crippen LogP contribution in [-0.2, 0) is 0 Å². The van der Waals surface area contributed by atoms with Crippen LogP contribution in [0, 0.1) is 5.92 Å². The number of para-hydroxylation sites is 1. The Morgan fingerprint density at radius 2 is 1.86 bits per heavy atom. The van der Waals surface area contributed by atoms with Crippen LogP contribution >= 0.6 is 23.2 Å². The molecule has 0 bridgehead atoms. The Kier molecular flexibility index (Phi) is 5.05. The van der Waals surface area contributed by atoms with E-state index in [4.69, 9.17) is 23.2 Å². The first-order valence-corrected chi connectivity index (χ1v) is 11.2. The third-order valence-electron chi connectivity index (χ3n) is 6.57. The number of anilines is 1. The highest BCUT2D eigenvalue weighted by Gasteiger charge is 2.40. The Labute approximate surface area is 181 Å². The number of allylic oxidation sites excluding steroid dienone is 2. The molecule has 1 fully saturated rings. The Bertz CT molecular complexity index is 981. The van der Waals surface area contributed by atoms with Crippen molar-refractivity contribution in [1.29, 1.82) is 0 Å². The fourth-order valence-electron chi connectivity index (χ4n) is 5.13. The fraction of sp³-hybridized carbons (Fsp3) is 0.375. The highest BCUT2D eigenvalue weighted by atomic mass is 35.5. The van der Waals surface area contributed by atoms with Crippen molar-refractivity contribution in [1.82, 2.24) is 4.90 Å². The Hall–Kier alpha value is -1.97. The first kappa shape index (κ1) is 19.0. The van der Waals surface area contributed by atoms with E-state index >= 15 is 0 Å². The fourth-order valence-corrected chi connectivity index (χ4v) is 5.65. The van der Waals surface area contributed by atoms with Gasteiger partial charge in [0.05, 0.1) is 17.3 Å². The lowest BCUT2D eigenvalue weighted by molar-refractivity contribution is 0.0725. The number of piperidine rings is 1. The Balaban J connectivity index is 1.57. The number of carbonyl (C=O) groups is 1. The van der Waals surface area contributed by atoms with Crippen molar-refractivity contribution in [2.24, 2.45) is 5.92 Å². The number of hydrogen-bond donors (Lipinski definition) is 1. The van der Waals surface area contributed by atoms with Crippen molar-refractivity contribution in [3.8, 4) is 0 Å². The van der Waals surface area contributed by atoms with Crippen LogP contribution in [0.5, 0.6) is 0 Å². The molecule has 0 radical (unpaired) electrons. The van der Waals surface area contributed by atoms with E-state index in [1.807, 2.05) is 29.2 Å². The molecule has 1 N–H and O–H groups in total. The second kappa shape index (κ2) is 7.70. The molecule has 0 aromatic heterocycles. The summed E-state index contributed by atoms with van der Waals surface area (Å²) < 4.78 is 0. The number of benzene rings is 2. The maximum Gasteiger partial charge on any atom is 0.255 e. The van der Waals surface area contributed by atoms with Gasteiger partial charge in [-0.2, -0.15) is 0 Å². The lowest BCUT2D eigenvalue weighted by Gasteiger charge is -2.39. The van der Waals surface area contributed by atoms with Crippen LogP contribution in [0.3, 0.4) is 0 Å². The van der Waals surface area contributed by atoms with Crippen LogP contribution < -0.4 is 5.32 Å². The molecule has 2 aromatic carbocycles. The average molecular weight is 427 g/mol. The number of rotatable bonds is 2. The number of hydrogen-bond acceptors (Lipinski definition) is 2. The summed E-state index contributed by atoms with van der Waals surface area (Å²) in [7, 11) is 0. The van der Waals surface area contributed by atoms with Gasteiger partial charge in [0, 0.05) is 29.1 Å². The van der Waals surface area contributed by atoms with Crippen molar-refractivity contribution in [2.45, 2.75) is 37.6 Å². The number of halogens is 2. The zero-order chi connectivity index (χ0) is 20.0. The highest BCUT2D eigenvalue weighted by molar-refractivity contribution is 6.35. The molecule has 2 aliphatic heterocycles. The summed E-state index contributed by atoms with van der Waals surface area (Å²) in [6.07, 6.45) is 8.92. The number of amides is 1. The molecule has 5 rings (SSSR count). The van der Waals surface area contributed by atoms with Crippen LogP contribution in [0.2, 0.25) is 10.0 Å². The third kappa shape index (κ3) is 3.35. The molecule has 150 valence electrons. The third-order valence-corrected chi connectivity index (χ3v) is 7.13. The van der Waals surface area contributed by atoms with E-state index in [-0.39, 0.29) is 17.9 Å². The van der Waals surface area contributed by atoms with Crippen molar-refractivity contribution >= 4 is 34.8 Å². The molecule has 3 unspecified atom stereocenters. The van der Waals surface area contributed by atoms with Gasteiger partial charge in [-0.1, -0.05) is 53.6 Å². The molecule has 1 saturated heterocycles. The summed E-state index contributed by atoms with van der Waals surface area (Å²) >= 11 is 12.7. The summed E-state index contributed by atoms with van der Waals surface area (Å²) in [6, 6.07) is 11.9. The SMILES string of the molecule is O=C(c1cccc2c1NC(c1ccc(Cl)cc1Cl)C1CC=CC21)N1CCCCC1. The molecule has 1 aliphatic carbocycles. The molecule has 2 aromatic rings. The predicted molar refractivity (Wildman–Crippen MR) is 119 cm³/mol. The van der Waals surface area contributed by atoms with Crippen molar-refractivity contribution in [3.05, 3.63) is 75.3 Å². The summed E-state index contributed by atoms with van der Waals surface area (Å²) in [5.41, 5.74) is 4.00. The van der Waals surface area contributed by atoms with Gasteiger partial charge >= 0.3 is 0 Å². The van der Waals surface area contributed by atoms with Gasteiger partial charge in [0.25, 0.3) is 5.91 Å². The Morgan fingerprint density at radius 1 is 1.03 bits per heavy atom. The van der Waals surface area contributed by atoms with Gasteiger partial charge in [0.15, 0.2) is 0 Å². The van der Waals surface area contributed by atoms with Crippen LogP contribution in [0.1, 0.15) is 59.1 Å². The minimum Gasteiger partial charge on any atom is -0.377 e. The van der Waals surface area contributed by atoms with Crippen molar-refractivity contribution in [2.75, 3.05) is 18.4 Å². The molecular weight excluding hydrogens is 403 g/mol. The van der Waals surface area contributed by atoms with Crippen LogP contribution in [0.15, 0.2) is 48.6 Å². The minimum absolute atomic E-state index is 0.0440. The van der Waals surface area contributed by atoms with Gasteiger partial charge in [-0.3, -0.25) is 4.79 Å². The van der Waals surface area contributed by atoms with Gasteiger partial charge in [-0.25, -0.2) is 0 Å². The Morgan fingerprint density at radius 3 is 2.66 bits per heavy atom. The molecule has 5 heteroatoms. The maximum atomic E-state index is 13.3. The van der Waals surface area contributed by atoms with Crippen molar-refractivity contribution in [3.63, 3.8) is 0 Å². The number of likely N-dealkylation sites (tertiary alicyclic amines) is 1. The monoisotopic (exact) mass is 426 g/mol. The first-order valence-electron chi connectivity index (χ1n) is 10.4. The average Bonchev–Trinajstić information content (AvgIpc) is 3.23. The summed E-state index contributed by atoms with van der Waals surface area (Å²) in [4.78, 5) is 15.3. The molecule has 0 spiro atoms. The molecule has 3 nitrogen and oxygen atoms in total. The largest absolute Gasteiger partial charge is 0.377 e. The molecule has 3 atom stereocenters. The van der Waals surface area contributed by atoms with Crippen molar-refractivity contribution < 1.29 is 4.79 Å². The van der Waals surface area contributed by atoms with Gasteiger partial charge in [0.1, 0.15) is 0 Å². The highest BCUT2D eigenvalue weighted by Crippen LogP contribution is 2.51. The van der Waals surface area contributed by atoms with Crippen LogP contribution in [-0.4, -0.2) is 23.9 Å². The van der Waals surface area contributed by atoms with E-state index < -0.39 is 0 Å². The van der Waals surface area contributed by atoms with E-state index in [9.17, 15) is 4.79 Å². The molecule has 3 aliphatic rings. The number of nitrogens with one attached hydrogen (secondary N) is 1. The standard InChI is InChI=1S/C24H24Cl2N2O/c25-15-10-11-19(21(26)14-15)22-17-7-4-6-16(17)18-8-5-9-20(23(18)27-22)24(29)28-12-2-1-3-13-28/h4-6,8-11,14,16-17,22,27H,1-3,7,12-13H2. The van der Waals surface area contributed by atoms with E-state index in [0.29, 0.717) is 16.0 Å². The molecule has 29 heavy (non-hydrogen) atoms. The summed E-state index contributed by atoms with van der Waals surface area (Å²) in [5.74, 6) is 0.800. The van der Waals surface area contributed by atoms with Gasteiger partial charge < -0.3 is 10.2 Å². The maximum absolute atomic E-state index is 13.3. The lowest BCUT2D eigenvalue weighted by Crippen LogP contribution is -2.37. The second-order valence-electron chi connectivity index (χ2n) is 8.26. The van der Waals surface area contributed by atoms with E-state index in [2.05, 4.69) is 23.5 Å². The van der Waals surface area contributed by atoms with E-state index in [1.165, 1.54) is 12.0 Å². The predicted octanol–water partition coefficient (Wildman–Crippen LogP) is 6.45. The summed E-state index contributed by atoms with van der Waals surface area (Å²) in [6.45, 7) is 1.70. The van der Waals surface area contributed by atoms with Gasteiger partial charge in [-0.15, -0.1) is 0 Å². The molecule has 1 amide bonds. The number of carbonyl (C=O) groups excluding carboxylic acids is 1. The van der Waals surface area contributed by atoms with Crippen LogP contribution in [0.25, 0.3) is 0 Å². The summed E-state index contributed by atoms with van der Waals surface area (Å²) in [5, 5.41) is 5.03. The molecule has 0 saturated carbocycles. The molecule has 2 heterocycles. The molecular formula is C24H24Cl2N2O. The zero-order valence-electron chi connectivity index (χ0n) is 16.2. The minimum atomic E-state index is 0.0440. The van der Waals surface area contributed by atoms with E-state index in [1.54, 1.807) is 6.07 Å². The number of fused-ring (bicyclic) bond motifs is 3. The second-order valence-corrected chi connectivity index (χ2v) is 9.11. The number of nitrogens with zero attached hydrogens (tertiary/aromatic N) is 1. The lowest BCUT2D eigenvalue weighted by atomic mass is 9.76. The van der Waals surface area contributed by atoms with E-state index in [0.717, 1.165) is 49.2 Å². The van der Waals surface area contributed by atoms with Crippen LogP contribution in [0.4, 0.5) is 5.69 Å². The first-order chi connectivity index (χ1) is 14.1. The zero-order valence-corrected chi connectivity index (χ0v) is 17.7. The normalized spacial score (nSPS) is 25.3. The van der Waals surface area contributed by atoms with Gasteiger partial charge in [0.2, 0.25) is 0 Å². The smallest absolute Gasteiger partial charge is 0.255 e. The quantitative estimate of drug-likeness (QED) is 0.559. The topological polar surface area (TPSA) is 32.3 Å². The van der Waals surface area contributed by atoms with Gasteiger partial charge in [-0.05, 0) is 60.9 Å².